The molecule has 0 amide bonds. The van der Waals surface area contributed by atoms with Gasteiger partial charge >= 0.3 is 11.9 Å². The quantitative estimate of drug-likeness (QED) is 0.508. The number of hydrogen-bond donors (Lipinski definition) is 0. The molecule has 2 unspecified atom stereocenters. The summed E-state index contributed by atoms with van der Waals surface area (Å²) < 4.78 is 9.68. The van der Waals surface area contributed by atoms with Crippen molar-refractivity contribution in [3.05, 3.63) is 0 Å². The van der Waals surface area contributed by atoms with Crippen LogP contribution in [0, 0.1) is 11.8 Å². The van der Waals surface area contributed by atoms with Gasteiger partial charge in [0.2, 0.25) is 0 Å². The number of rotatable bonds is 8. The van der Waals surface area contributed by atoms with Crippen LogP contribution in [0.15, 0.2) is 10.2 Å². The SMILES string of the molecule is COC(=O)C(C)(CC(C)C)N=NC(C)(CC(C)C)C(=O)OC. The zero-order valence-corrected chi connectivity index (χ0v) is 15.1. The van der Waals surface area contributed by atoms with Crippen LogP contribution in [-0.4, -0.2) is 37.2 Å². The van der Waals surface area contributed by atoms with E-state index in [2.05, 4.69) is 10.2 Å². The molecule has 0 saturated carbocycles. The second-order valence-corrected chi connectivity index (χ2v) is 6.93. The fourth-order valence-electron chi connectivity index (χ4n) is 2.58. The van der Waals surface area contributed by atoms with Crippen LogP contribution in [0.25, 0.3) is 0 Å². The van der Waals surface area contributed by atoms with Crippen molar-refractivity contribution < 1.29 is 19.1 Å². The Labute approximate surface area is 133 Å². The molecule has 0 aliphatic carbocycles. The van der Waals surface area contributed by atoms with Crippen molar-refractivity contribution in [2.24, 2.45) is 22.1 Å². The van der Waals surface area contributed by atoms with Crippen molar-refractivity contribution in [2.45, 2.75) is 65.5 Å². The summed E-state index contributed by atoms with van der Waals surface area (Å²) in [7, 11) is 2.65. The van der Waals surface area contributed by atoms with Crippen molar-refractivity contribution in [1.82, 2.24) is 0 Å². The Kier molecular flexibility index (Phi) is 7.70. The first-order chi connectivity index (χ1) is 10.0. The third kappa shape index (κ3) is 5.73. The van der Waals surface area contributed by atoms with Gasteiger partial charge in [0, 0.05) is 0 Å². The van der Waals surface area contributed by atoms with Crippen molar-refractivity contribution in [3.8, 4) is 0 Å². The van der Waals surface area contributed by atoms with Gasteiger partial charge < -0.3 is 9.47 Å². The molecule has 2 atom stereocenters. The Balaban J connectivity index is 5.57. The molecule has 0 aliphatic rings. The van der Waals surface area contributed by atoms with E-state index in [0.717, 1.165) is 0 Å². The Bertz CT molecular complexity index is 382. The maximum atomic E-state index is 12.1. The zero-order valence-electron chi connectivity index (χ0n) is 15.1. The highest BCUT2D eigenvalue weighted by atomic mass is 16.5. The molecule has 6 heteroatoms. The molecule has 0 aromatic carbocycles. The summed E-state index contributed by atoms with van der Waals surface area (Å²) >= 11 is 0. The van der Waals surface area contributed by atoms with E-state index in [-0.39, 0.29) is 11.8 Å². The van der Waals surface area contributed by atoms with E-state index in [9.17, 15) is 9.59 Å². The maximum Gasteiger partial charge on any atom is 0.335 e. The number of azo groups is 1. The molecule has 0 fully saturated rings. The minimum absolute atomic E-state index is 0.234. The molecule has 6 nitrogen and oxygen atoms in total. The normalized spacial score (nSPS) is 17.4. The summed E-state index contributed by atoms with van der Waals surface area (Å²) in [5, 5.41) is 8.42. The second kappa shape index (κ2) is 8.25. The summed E-state index contributed by atoms with van der Waals surface area (Å²) in [5.41, 5.74) is -2.20. The molecule has 0 heterocycles. The number of methoxy groups -OCH3 is 2. The van der Waals surface area contributed by atoms with E-state index in [1.165, 1.54) is 14.2 Å². The summed E-state index contributed by atoms with van der Waals surface area (Å²) in [5.74, 6) is -0.446. The molecule has 128 valence electrons. The molecule has 0 radical (unpaired) electrons. The van der Waals surface area contributed by atoms with Crippen molar-refractivity contribution in [2.75, 3.05) is 14.2 Å². The zero-order chi connectivity index (χ0) is 17.6. The fraction of sp³-hybridized carbons (Fsp3) is 0.875. The highest BCUT2D eigenvalue weighted by Gasteiger charge is 2.40. The van der Waals surface area contributed by atoms with Crippen molar-refractivity contribution in [1.29, 1.82) is 0 Å². The summed E-state index contributed by atoms with van der Waals surface area (Å²) in [6.07, 6.45) is 0.976. The Morgan fingerprint density at radius 3 is 1.27 bits per heavy atom. The van der Waals surface area contributed by atoms with Crippen LogP contribution in [0.1, 0.15) is 54.4 Å². The van der Waals surface area contributed by atoms with Gasteiger partial charge in [0.15, 0.2) is 11.1 Å². The lowest BCUT2D eigenvalue weighted by molar-refractivity contribution is -0.149. The first kappa shape index (κ1) is 20.5. The highest BCUT2D eigenvalue weighted by Crippen LogP contribution is 2.28. The minimum atomic E-state index is -1.10. The van der Waals surface area contributed by atoms with Gasteiger partial charge in [-0.1, -0.05) is 27.7 Å². The van der Waals surface area contributed by atoms with Crippen LogP contribution < -0.4 is 0 Å². The number of carbonyl (C=O) groups excluding carboxylic acids is 2. The molecule has 0 saturated heterocycles. The lowest BCUT2D eigenvalue weighted by Gasteiger charge is -2.27. The molecule has 0 bridgehead atoms. The monoisotopic (exact) mass is 314 g/mol. The van der Waals surface area contributed by atoms with Gasteiger partial charge in [0.05, 0.1) is 14.2 Å². The molecular formula is C16H30N2O4. The van der Waals surface area contributed by atoms with E-state index >= 15 is 0 Å². The third-order valence-corrected chi connectivity index (χ3v) is 3.35. The average molecular weight is 314 g/mol. The lowest BCUT2D eigenvalue weighted by Crippen LogP contribution is -2.39. The molecule has 0 aromatic heterocycles. The van der Waals surface area contributed by atoms with Gasteiger partial charge in [-0.3, -0.25) is 0 Å². The molecule has 0 N–H and O–H groups in total. The standard InChI is InChI=1S/C16H30N2O4/c1-11(2)9-15(5,13(19)21-7)17-18-16(6,10-12(3)4)14(20)22-8/h11-12H,9-10H2,1-8H3. The summed E-state index contributed by atoms with van der Waals surface area (Å²) in [4.78, 5) is 24.1. The average Bonchev–Trinajstić information content (AvgIpc) is 2.41. The number of ether oxygens (including phenoxy) is 2. The van der Waals surface area contributed by atoms with Crippen LogP contribution in [0.3, 0.4) is 0 Å². The predicted octanol–water partition coefficient (Wildman–Crippen LogP) is 3.39. The maximum absolute atomic E-state index is 12.1. The van der Waals surface area contributed by atoms with Gasteiger partial charge in [0.25, 0.3) is 0 Å². The smallest absolute Gasteiger partial charge is 0.335 e. The molecule has 0 spiro atoms. The van der Waals surface area contributed by atoms with E-state index in [0.29, 0.717) is 12.8 Å². The van der Waals surface area contributed by atoms with Crippen LogP contribution in [0.4, 0.5) is 0 Å². The Morgan fingerprint density at radius 1 is 0.818 bits per heavy atom. The van der Waals surface area contributed by atoms with Gasteiger partial charge in [0.1, 0.15) is 0 Å². The van der Waals surface area contributed by atoms with Crippen LogP contribution in [0.5, 0.6) is 0 Å². The minimum Gasteiger partial charge on any atom is -0.467 e. The van der Waals surface area contributed by atoms with E-state index in [1.807, 2.05) is 27.7 Å². The second-order valence-electron chi connectivity index (χ2n) is 6.93. The van der Waals surface area contributed by atoms with Crippen molar-refractivity contribution in [3.63, 3.8) is 0 Å². The summed E-state index contributed by atoms with van der Waals surface area (Å²) in [6, 6.07) is 0. The number of hydrogen-bond acceptors (Lipinski definition) is 6. The Hall–Kier alpha value is -1.46. The molecule has 0 aromatic rings. The van der Waals surface area contributed by atoms with Gasteiger partial charge in [-0.2, -0.15) is 10.2 Å². The highest BCUT2D eigenvalue weighted by molar-refractivity contribution is 5.81. The fourth-order valence-corrected chi connectivity index (χ4v) is 2.58. The first-order valence-electron chi connectivity index (χ1n) is 7.61. The van der Waals surface area contributed by atoms with Crippen LogP contribution >= 0.6 is 0 Å². The van der Waals surface area contributed by atoms with Gasteiger partial charge in [-0.15, -0.1) is 0 Å². The molecule has 22 heavy (non-hydrogen) atoms. The van der Waals surface area contributed by atoms with Crippen LogP contribution in [-0.2, 0) is 19.1 Å². The lowest BCUT2D eigenvalue weighted by atomic mass is 9.90. The van der Waals surface area contributed by atoms with E-state index in [1.54, 1.807) is 13.8 Å². The van der Waals surface area contributed by atoms with Gasteiger partial charge in [-0.05, 0) is 38.5 Å². The predicted molar refractivity (Wildman–Crippen MR) is 84.6 cm³/mol. The number of nitrogens with zero attached hydrogens (tertiary/aromatic N) is 2. The van der Waals surface area contributed by atoms with Crippen LogP contribution in [0.2, 0.25) is 0 Å². The molecular weight excluding hydrogens is 284 g/mol. The van der Waals surface area contributed by atoms with E-state index < -0.39 is 23.0 Å². The third-order valence-electron chi connectivity index (χ3n) is 3.35. The molecule has 0 rings (SSSR count). The molecule has 0 aliphatic heterocycles. The van der Waals surface area contributed by atoms with E-state index in [4.69, 9.17) is 9.47 Å². The topological polar surface area (TPSA) is 77.3 Å². The Morgan fingerprint density at radius 2 is 1.09 bits per heavy atom. The van der Waals surface area contributed by atoms with Crippen molar-refractivity contribution >= 4 is 11.9 Å². The number of esters is 2. The van der Waals surface area contributed by atoms with Gasteiger partial charge in [-0.25, -0.2) is 9.59 Å². The first-order valence-corrected chi connectivity index (χ1v) is 7.61. The number of carbonyl (C=O) groups is 2. The largest absolute Gasteiger partial charge is 0.467 e. The summed E-state index contributed by atoms with van der Waals surface area (Å²) in [6.45, 7) is 11.3.